The Kier molecular flexibility index (Phi) is 7.58. The zero-order valence-electron chi connectivity index (χ0n) is 10.8. The van der Waals surface area contributed by atoms with Crippen molar-refractivity contribution in [3.8, 4) is 0 Å². The molecule has 0 radical (unpaired) electrons. The largest absolute Gasteiger partial charge is 0.318 e. The lowest BCUT2D eigenvalue weighted by Crippen LogP contribution is -2.47. The van der Waals surface area contributed by atoms with Gasteiger partial charge in [0.25, 0.3) is 10.2 Å². The van der Waals surface area contributed by atoms with Gasteiger partial charge < -0.3 is 5.32 Å². The molecular weight excluding hydrogens is 262 g/mol. The van der Waals surface area contributed by atoms with Crippen LogP contribution in [0, 0.1) is 0 Å². The highest BCUT2D eigenvalue weighted by Crippen LogP contribution is 2.22. The van der Waals surface area contributed by atoms with Crippen LogP contribution >= 0.6 is 12.4 Å². The van der Waals surface area contributed by atoms with E-state index in [4.69, 9.17) is 0 Å². The zero-order chi connectivity index (χ0) is 12.2. The van der Waals surface area contributed by atoms with E-state index in [-0.39, 0.29) is 18.4 Å². The van der Waals surface area contributed by atoms with Crippen molar-refractivity contribution in [3.63, 3.8) is 0 Å². The molecule has 0 amide bonds. The first-order valence-electron chi connectivity index (χ1n) is 5.91. The van der Waals surface area contributed by atoms with Crippen LogP contribution in [0.15, 0.2) is 0 Å². The molecule has 1 fully saturated rings. The van der Waals surface area contributed by atoms with Crippen LogP contribution in [0.25, 0.3) is 0 Å². The van der Waals surface area contributed by atoms with Crippen molar-refractivity contribution in [2.24, 2.45) is 0 Å². The second-order valence-corrected chi connectivity index (χ2v) is 6.28. The Morgan fingerprint density at radius 1 is 1.47 bits per heavy atom. The Bertz CT molecular complexity index is 311. The molecule has 17 heavy (non-hydrogen) atoms. The highest BCUT2D eigenvalue weighted by atomic mass is 35.5. The van der Waals surface area contributed by atoms with Crippen LogP contribution in [0.5, 0.6) is 0 Å². The van der Waals surface area contributed by atoms with Gasteiger partial charge in [0.2, 0.25) is 0 Å². The second kappa shape index (κ2) is 7.53. The molecule has 0 aliphatic carbocycles. The monoisotopic (exact) mass is 285 g/mol. The Morgan fingerprint density at radius 3 is 2.65 bits per heavy atom. The zero-order valence-corrected chi connectivity index (χ0v) is 12.5. The van der Waals surface area contributed by atoms with Gasteiger partial charge in [-0.1, -0.05) is 6.92 Å². The molecule has 1 atom stereocenters. The average Bonchev–Trinajstić information content (AvgIpc) is 2.67. The predicted octanol–water partition coefficient (Wildman–Crippen LogP) is 0.679. The lowest BCUT2D eigenvalue weighted by molar-refractivity contribution is 0.338. The number of hydrogen-bond acceptors (Lipinski definition) is 3. The van der Waals surface area contributed by atoms with Gasteiger partial charge >= 0.3 is 0 Å². The summed E-state index contributed by atoms with van der Waals surface area (Å²) < 4.78 is 27.6. The molecule has 0 bridgehead atoms. The summed E-state index contributed by atoms with van der Waals surface area (Å²) >= 11 is 0. The molecule has 0 spiro atoms. The maximum atomic E-state index is 12.2. The third kappa shape index (κ3) is 4.06. The van der Waals surface area contributed by atoms with Gasteiger partial charge in [-0.25, -0.2) is 0 Å². The number of likely N-dealkylation sites (N-methyl/N-ethyl adjacent to an activating group) is 1. The average molecular weight is 286 g/mol. The minimum atomic E-state index is -3.25. The predicted molar refractivity (Wildman–Crippen MR) is 72.7 cm³/mol. The van der Waals surface area contributed by atoms with Crippen molar-refractivity contribution < 1.29 is 8.42 Å². The lowest BCUT2D eigenvalue weighted by atomic mass is 10.2. The maximum absolute atomic E-state index is 12.2. The van der Waals surface area contributed by atoms with Gasteiger partial charge in [-0.15, -0.1) is 12.4 Å². The van der Waals surface area contributed by atoms with E-state index in [1.54, 1.807) is 11.4 Å². The minimum Gasteiger partial charge on any atom is -0.318 e. The van der Waals surface area contributed by atoms with Crippen LogP contribution in [0.3, 0.4) is 0 Å². The standard InChI is InChI=1S/C10H23N3O2S.ClH/c1-4-7-12(3)16(14,15)13-8-5-6-10(13)9-11-2;/h10-11H,4-9H2,1-3H3;1H. The summed E-state index contributed by atoms with van der Waals surface area (Å²) in [4.78, 5) is 0. The van der Waals surface area contributed by atoms with Gasteiger partial charge in [0.15, 0.2) is 0 Å². The molecule has 0 aromatic heterocycles. The Morgan fingerprint density at radius 2 is 2.12 bits per heavy atom. The van der Waals surface area contributed by atoms with Gasteiger partial charge in [0.1, 0.15) is 0 Å². The fraction of sp³-hybridized carbons (Fsp3) is 1.00. The fourth-order valence-corrected chi connectivity index (χ4v) is 3.85. The molecule has 0 aromatic carbocycles. The van der Waals surface area contributed by atoms with E-state index in [0.717, 1.165) is 25.8 Å². The molecule has 0 aromatic rings. The first-order chi connectivity index (χ1) is 7.54. The third-order valence-electron chi connectivity index (χ3n) is 2.99. The molecule has 1 aliphatic heterocycles. The van der Waals surface area contributed by atoms with E-state index in [0.29, 0.717) is 13.1 Å². The van der Waals surface area contributed by atoms with E-state index in [1.807, 2.05) is 14.0 Å². The van der Waals surface area contributed by atoms with Gasteiger partial charge in [-0.05, 0) is 26.3 Å². The number of nitrogens with one attached hydrogen (secondary N) is 1. The van der Waals surface area contributed by atoms with Crippen LogP contribution in [0.4, 0.5) is 0 Å². The molecule has 104 valence electrons. The third-order valence-corrected chi connectivity index (χ3v) is 5.04. The van der Waals surface area contributed by atoms with E-state index < -0.39 is 10.2 Å². The van der Waals surface area contributed by atoms with Crippen molar-refractivity contribution in [2.75, 3.05) is 33.7 Å². The normalized spacial score (nSPS) is 21.8. The van der Waals surface area contributed by atoms with E-state index >= 15 is 0 Å². The molecular formula is C10H24ClN3O2S. The Labute approximate surface area is 111 Å². The SMILES string of the molecule is CCCN(C)S(=O)(=O)N1CCCC1CNC.Cl. The number of hydrogen-bond donors (Lipinski definition) is 1. The van der Waals surface area contributed by atoms with Gasteiger partial charge in [0.05, 0.1) is 0 Å². The smallest absolute Gasteiger partial charge is 0.282 e. The van der Waals surface area contributed by atoms with Crippen molar-refractivity contribution in [3.05, 3.63) is 0 Å². The summed E-state index contributed by atoms with van der Waals surface area (Å²) in [6.45, 7) is 3.97. The fourth-order valence-electron chi connectivity index (χ4n) is 2.16. The summed E-state index contributed by atoms with van der Waals surface area (Å²) in [7, 11) is 0.275. The molecule has 1 rings (SSSR count). The van der Waals surface area contributed by atoms with Crippen LogP contribution < -0.4 is 5.32 Å². The first kappa shape index (κ1) is 17.1. The number of rotatable bonds is 6. The van der Waals surface area contributed by atoms with Crippen molar-refractivity contribution in [2.45, 2.75) is 32.2 Å². The topological polar surface area (TPSA) is 52.7 Å². The van der Waals surface area contributed by atoms with Crippen LogP contribution in [-0.4, -0.2) is 56.8 Å². The van der Waals surface area contributed by atoms with Gasteiger partial charge in [0, 0.05) is 32.7 Å². The molecule has 1 aliphatic rings. The summed E-state index contributed by atoms with van der Waals surface area (Å²) in [5, 5.41) is 3.06. The Balaban J connectivity index is 0.00000256. The van der Waals surface area contributed by atoms with Crippen molar-refractivity contribution in [1.82, 2.24) is 13.9 Å². The summed E-state index contributed by atoms with van der Waals surface area (Å²) in [5.74, 6) is 0. The van der Waals surface area contributed by atoms with Crippen molar-refractivity contribution >= 4 is 22.6 Å². The Hall–Kier alpha value is 0.120. The molecule has 7 heteroatoms. The maximum Gasteiger partial charge on any atom is 0.282 e. The molecule has 1 heterocycles. The van der Waals surface area contributed by atoms with Crippen LogP contribution in [-0.2, 0) is 10.2 Å². The quantitative estimate of drug-likeness (QED) is 0.781. The first-order valence-corrected chi connectivity index (χ1v) is 7.31. The number of halogens is 1. The van der Waals surface area contributed by atoms with Crippen LogP contribution in [0.1, 0.15) is 26.2 Å². The summed E-state index contributed by atoms with van der Waals surface area (Å²) in [5.41, 5.74) is 0. The van der Waals surface area contributed by atoms with Crippen LogP contribution in [0.2, 0.25) is 0 Å². The molecule has 0 saturated carbocycles. The highest BCUT2D eigenvalue weighted by molar-refractivity contribution is 7.86. The van der Waals surface area contributed by atoms with E-state index in [2.05, 4.69) is 5.32 Å². The van der Waals surface area contributed by atoms with E-state index in [9.17, 15) is 8.42 Å². The minimum absolute atomic E-state index is 0. The van der Waals surface area contributed by atoms with Gasteiger partial charge in [-0.3, -0.25) is 0 Å². The van der Waals surface area contributed by atoms with Gasteiger partial charge in [-0.2, -0.15) is 17.0 Å². The van der Waals surface area contributed by atoms with E-state index in [1.165, 1.54) is 4.31 Å². The molecule has 1 saturated heterocycles. The second-order valence-electron chi connectivity index (χ2n) is 4.29. The lowest BCUT2D eigenvalue weighted by Gasteiger charge is -2.28. The molecule has 1 unspecified atom stereocenters. The highest BCUT2D eigenvalue weighted by Gasteiger charge is 2.35. The molecule has 1 N–H and O–H groups in total. The number of nitrogens with zero attached hydrogens (tertiary/aromatic N) is 2. The summed E-state index contributed by atoms with van der Waals surface area (Å²) in [6, 6.07) is 0.120. The van der Waals surface area contributed by atoms with Crippen molar-refractivity contribution in [1.29, 1.82) is 0 Å². The summed E-state index contributed by atoms with van der Waals surface area (Å²) in [6.07, 6.45) is 2.77. The molecule has 5 nitrogen and oxygen atoms in total.